The monoisotopic (exact) mass is 310 g/mol. The maximum absolute atomic E-state index is 5.81. The number of imidazole rings is 1. The van der Waals surface area contributed by atoms with Gasteiger partial charge in [-0.1, -0.05) is 0 Å². The van der Waals surface area contributed by atoms with Crippen molar-refractivity contribution in [2.75, 3.05) is 0 Å². The van der Waals surface area contributed by atoms with Gasteiger partial charge in [-0.25, -0.2) is 4.98 Å². The Labute approximate surface area is 114 Å². The average molecular weight is 311 g/mol. The first kappa shape index (κ1) is 11.9. The molecule has 6 heteroatoms. The second kappa shape index (κ2) is 3.93. The van der Waals surface area contributed by atoms with Gasteiger partial charge in [-0.3, -0.25) is 4.68 Å². The minimum absolute atomic E-state index is 0.167. The SMILES string of the molecule is Cn1cnc(-c2nn3c(c2Br)COC(C)(C)C3)c1. The highest BCUT2D eigenvalue weighted by Crippen LogP contribution is 2.34. The van der Waals surface area contributed by atoms with E-state index in [2.05, 4.69) is 39.9 Å². The third kappa shape index (κ3) is 1.89. The van der Waals surface area contributed by atoms with Gasteiger partial charge in [-0.15, -0.1) is 0 Å². The minimum Gasteiger partial charge on any atom is -0.367 e. The summed E-state index contributed by atoms with van der Waals surface area (Å²) in [6.45, 7) is 5.49. The van der Waals surface area contributed by atoms with Crippen molar-refractivity contribution in [3.8, 4) is 11.4 Å². The van der Waals surface area contributed by atoms with Crippen LogP contribution < -0.4 is 0 Å². The predicted molar refractivity (Wildman–Crippen MR) is 71.0 cm³/mol. The molecule has 2 aromatic heterocycles. The highest BCUT2D eigenvalue weighted by Gasteiger charge is 2.30. The Hall–Kier alpha value is -1.14. The lowest BCUT2D eigenvalue weighted by Gasteiger charge is -2.30. The molecule has 1 aliphatic heterocycles. The molecule has 0 saturated heterocycles. The molecule has 0 fully saturated rings. The van der Waals surface area contributed by atoms with Gasteiger partial charge in [-0.2, -0.15) is 5.10 Å². The van der Waals surface area contributed by atoms with Crippen molar-refractivity contribution in [3.05, 3.63) is 22.7 Å². The molecule has 0 aliphatic carbocycles. The predicted octanol–water partition coefficient (Wildman–Crippen LogP) is 2.35. The quantitative estimate of drug-likeness (QED) is 0.812. The van der Waals surface area contributed by atoms with Gasteiger partial charge in [0, 0.05) is 13.2 Å². The number of fused-ring (bicyclic) bond motifs is 1. The Morgan fingerprint density at radius 3 is 2.89 bits per heavy atom. The lowest BCUT2D eigenvalue weighted by molar-refractivity contribution is -0.0663. The van der Waals surface area contributed by atoms with Gasteiger partial charge < -0.3 is 9.30 Å². The standard InChI is InChI=1S/C12H15BrN4O/c1-12(2)6-17-9(5-18-12)10(13)11(15-17)8-4-16(3)7-14-8/h4,7H,5-6H2,1-3H3. The number of aromatic nitrogens is 4. The molecule has 0 radical (unpaired) electrons. The molecule has 3 rings (SSSR count). The molecule has 0 saturated carbocycles. The average Bonchev–Trinajstić information content (AvgIpc) is 2.82. The summed E-state index contributed by atoms with van der Waals surface area (Å²) >= 11 is 3.61. The van der Waals surface area contributed by atoms with Crippen LogP contribution in [0.5, 0.6) is 0 Å². The van der Waals surface area contributed by atoms with Crippen molar-refractivity contribution in [1.82, 2.24) is 19.3 Å². The number of halogens is 1. The van der Waals surface area contributed by atoms with Crippen molar-refractivity contribution in [1.29, 1.82) is 0 Å². The van der Waals surface area contributed by atoms with Crippen LogP contribution in [0.4, 0.5) is 0 Å². The van der Waals surface area contributed by atoms with E-state index in [4.69, 9.17) is 4.74 Å². The van der Waals surface area contributed by atoms with E-state index in [0.717, 1.165) is 28.1 Å². The van der Waals surface area contributed by atoms with E-state index in [1.807, 2.05) is 22.5 Å². The number of rotatable bonds is 1. The van der Waals surface area contributed by atoms with Gasteiger partial charge in [0.05, 0.1) is 35.2 Å². The fraction of sp³-hybridized carbons (Fsp3) is 0.500. The van der Waals surface area contributed by atoms with Crippen LogP contribution in [0.3, 0.4) is 0 Å². The van der Waals surface area contributed by atoms with E-state index in [-0.39, 0.29) is 5.60 Å². The van der Waals surface area contributed by atoms with E-state index in [1.54, 1.807) is 6.33 Å². The van der Waals surface area contributed by atoms with Gasteiger partial charge in [0.25, 0.3) is 0 Å². The molecule has 0 unspecified atom stereocenters. The zero-order valence-corrected chi connectivity index (χ0v) is 12.2. The van der Waals surface area contributed by atoms with Crippen LogP contribution in [0.2, 0.25) is 0 Å². The van der Waals surface area contributed by atoms with E-state index in [0.29, 0.717) is 6.61 Å². The molecule has 96 valence electrons. The topological polar surface area (TPSA) is 44.9 Å². The fourth-order valence-electron chi connectivity index (χ4n) is 2.11. The van der Waals surface area contributed by atoms with Crippen LogP contribution in [0.15, 0.2) is 17.0 Å². The van der Waals surface area contributed by atoms with Crippen molar-refractivity contribution in [3.63, 3.8) is 0 Å². The second-order valence-electron chi connectivity index (χ2n) is 5.24. The van der Waals surface area contributed by atoms with Crippen LogP contribution in [0.25, 0.3) is 11.4 Å². The zero-order chi connectivity index (χ0) is 12.9. The summed E-state index contributed by atoms with van der Waals surface area (Å²) in [6, 6.07) is 0. The Balaban J connectivity index is 2.07. The molecule has 0 spiro atoms. The number of aryl methyl sites for hydroxylation is 1. The summed E-state index contributed by atoms with van der Waals surface area (Å²) in [7, 11) is 1.95. The van der Waals surface area contributed by atoms with Crippen molar-refractivity contribution >= 4 is 15.9 Å². The molecule has 0 atom stereocenters. The summed E-state index contributed by atoms with van der Waals surface area (Å²) in [4.78, 5) is 4.34. The molecular formula is C12H15BrN4O. The number of hydrogen-bond acceptors (Lipinski definition) is 3. The molecular weight excluding hydrogens is 296 g/mol. The van der Waals surface area contributed by atoms with Gasteiger partial charge in [0.15, 0.2) is 0 Å². The Morgan fingerprint density at radius 2 is 2.22 bits per heavy atom. The smallest absolute Gasteiger partial charge is 0.127 e. The summed E-state index contributed by atoms with van der Waals surface area (Å²) < 4.78 is 10.7. The second-order valence-corrected chi connectivity index (χ2v) is 6.03. The third-order valence-electron chi connectivity index (χ3n) is 3.07. The van der Waals surface area contributed by atoms with Crippen LogP contribution in [0.1, 0.15) is 19.5 Å². The molecule has 0 N–H and O–H groups in total. The van der Waals surface area contributed by atoms with Crippen LogP contribution in [-0.2, 0) is 24.9 Å². The van der Waals surface area contributed by atoms with Crippen LogP contribution in [-0.4, -0.2) is 24.9 Å². The maximum Gasteiger partial charge on any atom is 0.127 e. The van der Waals surface area contributed by atoms with Gasteiger partial charge in [-0.05, 0) is 29.8 Å². The molecule has 0 aromatic carbocycles. The van der Waals surface area contributed by atoms with Crippen LogP contribution in [0, 0.1) is 0 Å². The molecule has 3 heterocycles. The Kier molecular flexibility index (Phi) is 2.60. The van der Waals surface area contributed by atoms with Crippen molar-refractivity contribution in [2.45, 2.75) is 32.6 Å². The number of nitrogens with zero attached hydrogens (tertiary/aromatic N) is 4. The first-order valence-corrected chi connectivity index (χ1v) is 6.63. The molecule has 2 aromatic rings. The summed E-state index contributed by atoms with van der Waals surface area (Å²) in [5, 5.41) is 4.64. The van der Waals surface area contributed by atoms with Gasteiger partial charge in [0.2, 0.25) is 0 Å². The Bertz CT molecular complexity index is 599. The molecule has 1 aliphatic rings. The summed E-state index contributed by atoms with van der Waals surface area (Å²) in [5.74, 6) is 0. The normalized spacial score (nSPS) is 17.8. The first-order valence-electron chi connectivity index (χ1n) is 5.84. The van der Waals surface area contributed by atoms with E-state index >= 15 is 0 Å². The van der Waals surface area contributed by atoms with Crippen molar-refractivity contribution < 1.29 is 4.74 Å². The number of ether oxygens (including phenoxy) is 1. The Morgan fingerprint density at radius 1 is 1.44 bits per heavy atom. The highest BCUT2D eigenvalue weighted by molar-refractivity contribution is 9.10. The lowest BCUT2D eigenvalue weighted by Crippen LogP contribution is -2.36. The van der Waals surface area contributed by atoms with E-state index in [9.17, 15) is 0 Å². The largest absolute Gasteiger partial charge is 0.367 e. The summed E-state index contributed by atoms with van der Waals surface area (Å²) in [5.41, 5.74) is 2.67. The highest BCUT2D eigenvalue weighted by atomic mass is 79.9. The third-order valence-corrected chi connectivity index (χ3v) is 3.90. The summed E-state index contributed by atoms with van der Waals surface area (Å²) in [6.07, 6.45) is 3.74. The minimum atomic E-state index is -0.167. The zero-order valence-electron chi connectivity index (χ0n) is 10.6. The lowest BCUT2D eigenvalue weighted by atomic mass is 10.1. The maximum atomic E-state index is 5.81. The fourth-order valence-corrected chi connectivity index (χ4v) is 2.71. The van der Waals surface area contributed by atoms with E-state index < -0.39 is 0 Å². The van der Waals surface area contributed by atoms with Crippen LogP contribution >= 0.6 is 15.9 Å². The molecule has 5 nitrogen and oxygen atoms in total. The molecule has 0 bridgehead atoms. The number of hydrogen-bond donors (Lipinski definition) is 0. The molecule has 18 heavy (non-hydrogen) atoms. The van der Waals surface area contributed by atoms with Gasteiger partial charge >= 0.3 is 0 Å². The van der Waals surface area contributed by atoms with Gasteiger partial charge in [0.1, 0.15) is 11.4 Å². The van der Waals surface area contributed by atoms with E-state index in [1.165, 1.54) is 0 Å². The van der Waals surface area contributed by atoms with Crippen molar-refractivity contribution in [2.24, 2.45) is 7.05 Å². The first-order chi connectivity index (χ1) is 8.46. The molecule has 0 amide bonds.